The van der Waals surface area contributed by atoms with E-state index < -0.39 is 0 Å². The quantitative estimate of drug-likeness (QED) is 0.408. The van der Waals surface area contributed by atoms with Crippen molar-refractivity contribution in [1.82, 2.24) is 4.90 Å². The molecule has 0 saturated carbocycles. The van der Waals surface area contributed by atoms with Crippen molar-refractivity contribution in [2.75, 3.05) is 13.1 Å². The Morgan fingerprint density at radius 3 is 2.00 bits per heavy atom. The van der Waals surface area contributed by atoms with Crippen LogP contribution in [0.1, 0.15) is 75.6 Å². The van der Waals surface area contributed by atoms with Gasteiger partial charge in [-0.25, -0.2) is 0 Å². The second kappa shape index (κ2) is 11.8. The Hall–Kier alpha value is -0.730. The number of carbonyl (C=O) groups is 1. The van der Waals surface area contributed by atoms with Gasteiger partial charge in [0.25, 0.3) is 5.91 Å². The fraction of sp³-hybridized carbons (Fsp3) is 0.632. The number of hydrogen-bond donors (Lipinski definition) is 0. The Morgan fingerprint density at radius 2 is 1.48 bits per heavy atom. The van der Waals surface area contributed by atoms with E-state index in [1.807, 2.05) is 4.90 Å². The maximum Gasteiger partial charge on any atom is 0.255 e. The highest BCUT2D eigenvalue weighted by atomic mass is 35.5. The molecule has 0 N–H and O–H groups in total. The van der Waals surface area contributed by atoms with Crippen molar-refractivity contribution < 1.29 is 4.79 Å². The molecule has 4 heteroatoms. The first-order valence-electron chi connectivity index (χ1n) is 8.84. The molecule has 1 amide bonds. The summed E-state index contributed by atoms with van der Waals surface area (Å²) in [7, 11) is 0. The Bertz CT molecular complexity index is 464. The molecule has 23 heavy (non-hydrogen) atoms. The van der Waals surface area contributed by atoms with Crippen molar-refractivity contribution in [3.05, 3.63) is 33.8 Å². The average Bonchev–Trinajstić information content (AvgIpc) is 2.55. The van der Waals surface area contributed by atoms with Crippen LogP contribution in [0.3, 0.4) is 0 Å². The van der Waals surface area contributed by atoms with E-state index in [9.17, 15) is 4.79 Å². The van der Waals surface area contributed by atoms with E-state index in [0.717, 1.165) is 25.9 Å². The van der Waals surface area contributed by atoms with Crippen LogP contribution in [-0.4, -0.2) is 23.9 Å². The molecule has 2 nitrogen and oxygen atoms in total. The van der Waals surface area contributed by atoms with Gasteiger partial charge in [-0.2, -0.15) is 0 Å². The molecule has 0 fully saturated rings. The van der Waals surface area contributed by atoms with Crippen LogP contribution >= 0.6 is 23.2 Å². The summed E-state index contributed by atoms with van der Waals surface area (Å²) in [5, 5.41) is 1.03. The monoisotopic (exact) mass is 357 g/mol. The number of hydrogen-bond acceptors (Lipinski definition) is 1. The molecule has 0 atom stereocenters. The van der Waals surface area contributed by atoms with E-state index in [4.69, 9.17) is 23.2 Å². The summed E-state index contributed by atoms with van der Waals surface area (Å²) in [4.78, 5) is 14.8. The van der Waals surface area contributed by atoms with Crippen molar-refractivity contribution in [2.24, 2.45) is 0 Å². The van der Waals surface area contributed by atoms with Crippen LogP contribution in [0.4, 0.5) is 0 Å². The smallest absolute Gasteiger partial charge is 0.255 e. The van der Waals surface area contributed by atoms with Gasteiger partial charge >= 0.3 is 0 Å². The summed E-state index contributed by atoms with van der Waals surface area (Å²) in [5.41, 5.74) is 0.519. The normalized spacial score (nSPS) is 10.8. The van der Waals surface area contributed by atoms with Crippen LogP contribution in [0.5, 0.6) is 0 Å². The highest BCUT2D eigenvalue weighted by Gasteiger charge is 2.18. The van der Waals surface area contributed by atoms with Crippen LogP contribution in [0, 0.1) is 0 Å². The third kappa shape index (κ3) is 7.58. The van der Waals surface area contributed by atoms with E-state index in [0.29, 0.717) is 15.6 Å². The fourth-order valence-electron chi connectivity index (χ4n) is 2.61. The first-order chi connectivity index (χ1) is 11.1. The minimum absolute atomic E-state index is 0.00509. The van der Waals surface area contributed by atoms with Crippen LogP contribution < -0.4 is 0 Å². The lowest BCUT2D eigenvalue weighted by Crippen LogP contribution is -2.33. The van der Waals surface area contributed by atoms with Crippen molar-refractivity contribution in [1.29, 1.82) is 0 Å². The Morgan fingerprint density at radius 1 is 0.913 bits per heavy atom. The molecule has 0 aliphatic rings. The number of benzene rings is 1. The summed E-state index contributed by atoms with van der Waals surface area (Å²) in [6, 6.07) is 5.09. The van der Waals surface area contributed by atoms with Gasteiger partial charge in [-0.1, -0.05) is 75.6 Å². The number of halogens is 2. The molecule has 0 saturated heterocycles. The zero-order valence-corrected chi connectivity index (χ0v) is 15.9. The Kier molecular flexibility index (Phi) is 10.4. The molecule has 0 spiro atoms. The number of unbranched alkanes of at least 4 members (excludes halogenated alkanes) is 6. The lowest BCUT2D eigenvalue weighted by atomic mass is 10.1. The molecule has 130 valence electrons. The maximum absolute atomic E-state index is 12.8. The predicted octanol–water partition coefficient (Wildman–Crippen LogP) is 6.60. The Labute approximate surface area is 151 Å². The second-order valence-corrected chi connectivity index (χ2v) is 6.88. The fourth-order valence-corrected chi connectivity index (χ4v) is 2.98. The Balaban J connectivity index is 2.71. The van der Waals surface area contributed by atoms with Crippen LogP contribution in [0.2, 0.25) is 10.0 Å². The van der Waals surface area contributed by atoms with Crippen molar-refractivity contribution in [2.45, 2.75) is 65.2 Å². The third-order valence-corrected chi connectivity index (χ3v) is 4.57. The zero-order valence-electron chi connectivity index (χ0n) is 14.4. The lowest BCUT2D eigenvalue weighted by Gasteiger charge is -2.23. The molecule has 1 aromatic rings. The first-order valence-corrected chi connectivity index (χ1v) is 9.60. The molecule has 0 unspecified atom stereocenters. The van der Waals surface area contributed by atoms with Crippen LogP contribution in [0.15, 0.2) is 18.2 Å². The van der Waals surface area contributed by atoms with Gasteiger partial charge in [0.1, 0.15) is 0 Å². The number of rotatable bonds is 11. The summed E-state index contributed by atoms with van der Waals surface area (Å²) in [6.07, 6.45) is 9.26. The molecule has 0 aromatic heterocycles. The largest absolute Gasteiger partial charge is 0.339 e. The summed E-state index contributed by atoms with van der Waals surface area (Å²) < 4.78 is 0. The predicted molar refractivity (Wildman–Crippen MR) is 101 cm³/mol. The van der Waals surface area contributed by atoms with E-state index in [1.165, 1.54) is 38.5 Å². The van der Waals surface area contributed by atoms with E-state index in [2.05, 4.69) is 13.8 Å². The van der Waals surface area contributed by atoms with Crippen LogP contribution in [-0.2, 0) is 0 Å². The molecular weight excluding hydrogens is 329 g/mol. The summed E-state index contributed by atoms with van der Waals surface area (Å²) >= 11 is 12.2. The van der Waals surface area contributed by atoms with Gasteiger partial charge in [0, 0.05) is 18.1 Å². The van der Waals surface area contributed by atoms with E-state index >= 15 is 0 Å². The average molecular weight is 358 g/mol. The van der Waals surface area contributed by atoms with Crippen molar-refractivity contribution >= 4 is 29.1 Å². The minimum Gasteiger partial charge on any atom is -0.339 e. The van der Waals surface area contributed by atoms with E-state index in [-0.39, 0.29) is 5.91 Å². The molecule has 0 aliphatic carbocycles. The SMILES string of the molecule is CCCCCCN(CCCCCC)C(=O)c1cc(Cl)ccc1Cl. The first kappa shape index (κ1) is 20.3. The van der Waals surface area contributed by atoms with Crippen molar-refractivity contribution in [3.8, 4) is 0 Å². The second-order valence-electron chi connectivity index (χ2n) is 6.04. The summed E-state index contributed by atoms with van der Waals surface area (Å²) in [6.45, 7) is 5.99. The molecule has 1 aromatic carbocycles. The molecule has 0 aliphatic heterocycles. The van der Waals surface area contributed by atoms with Gasteiger partial charge in [0.15, 0.2) is 0 Å². The molecule has 0 radical (unpaired) electrons. The highest BCUT2D eigenvalue weighted by Crippen LogP contribution is 2.22. The maximum atomic E-state index is 12.8. The lowest BCUT2D eigenvalue weighted by molar-refractivity contribution is 0.0749. The van der Waals surface area contributed by atoms with Gasteiger partial charge in [-0.3, -0.25) is 4.79 Å². The van der Waals surface area contributed by atoms with Gasteiger partial charge in [0.2, 0.25) is 0 Å². The van der Waals surface area contributed by atoms with Crippen molar-refractivity contribution in [3.63, 3.8) is 0 Å². The highest BCUT2D eigenvalue weighted by molar-refractivity contribution is 6.35. The number of amides is 1. The minimum atomic E-state index is 0.00509. The topological polar surface area (TPSA) is 20.3 Å². The van der Waals surface area contributed by atoms with Crippen LogP contribution in [0.25, 0.3) is 0 Å². The van der Waals surface area contributed by atoms with Gasteiger partial charge in [-0.05, 0) is 31.0 Å². The van der Waals surface area contributed by atoms with Gasteiger partial charge < -0.3 is 4.90 Å². The number of carbonyl (C=O) groups excluding carboxylic acids is 1. The molecule has 1 rings (SSSR count). The zero-order chi connectivity index (χ0) is 17.1. The van der Waals surface area contributed by atoms with E-state index in [1.54, 1.807) is 18.2 Å². The standard InChI is InChI=1S/C19H29Cl2NO/c1-3-5-7-9-13-22(14-10-8-6-4-2)19(23)17-15-16(20)11-12-18(17)21/h11-12,15H,3-10,13-14H2,1-2H3. The van der Waals surface area contributed by atoms with Gasteiger partial charge in [0.05, 0.1) is 10.6 Å². The number of nitrogens with zero attached hydrogens (tertiary/aromatic N) is 1. The summed E-state index contributed by atoms with van der Waals surface area (Å²) in [5.74, 6) is 0.00509. The molecule has 0 bridgehead atoms. The molecule has 0 heterocycles. The molecular formula is C19H29Cl2NO. The van der Waals surface area contributed by atoms with Gasteiger partial charge in [-0.15, -0.1) is 0 Å². The third-order valence-electron chi connectivity index (χ3n) is 4.01.